The van der Waals surface area contributed by atoms with Crippen molar-refractivity contribution in [3.8, 4) is 12.1 Å². The van der Waals surface area contributed by atoms with E-state index in [1.807, 2.05) is 37.3 Å². The first-order valence-corrected chi connectivity index (χ1v) is 14.3. The van der Waals surface area contributed by atoms with Crippen molar-refractivity contribution in [1.29, 1.82) is 10.5 Å². The Morgan fingerprint density at radius 3 is 2.30 bits per heavy atom. The molecule has 1 amide bonds. The van der Waals surface area contributed by atoms with Gasteiger partial charge in [0.2, 0.25) is 15.2 Å². The van der Waals surface area contributed by atoms with Crippen LogP contribution in [0.2, 0.25) is 0 Å². The highest BCUT2D eigenvalue weighted by Crippen LogP contribution is 2.31. The minimum Gasteiger partial charge on any atom is -0.267 e. The fourth-order valence-corrected chi connectivity index (χ4v) is 6.18. The average molecular weight is 575 g/mol. The quantitative estimate of drug-likeness (QED) is 0.188. The largest absolute Gasteiger partial charge is 0.280 e. The first kappa shape index (κ1) is 28.5. The third-order valence-electron chi connectivity index (χ3n) is 5.78. The summed E-state index contributed by atoms with van der Waals surface area (Å²) in [5.41, 5.74) is 2.45. The smallest absolute Gasteiger partial charge is 0.267 e. The van der Waals surface area contributed by atoms with E-state index in [1.54, 1.807) is 0 Å². The van der Waals surface area contributed by atoms with E-state index < -0.39 is 21.7 Å². The second kappa shape index (κ2) is 12.6. The number of hydrazone groups is 1. The van der Waals surface area contributed by atoms with E-state index in [9.17, 15) is 17.6 Å². The number of aryl methyl sites for hydroxylation is 1. The molecule has 1 aromatic heterocycles. The zero-order valence-corrected chi connectivity index (χ0v) is 23.0. The van der Waals surface area contributed by atoms with Crippen molar-refractivity contribution < 1.29 is 17.6 Å². The maximum atomic E-state index is 13.6. The number of sulfonamides is 1. The third-order valence-corrected chi connectivity index (χ3v) is 8.69. The maximum absolute atomic E-state index is 13.6. The van der Waals surface area contributed by atoms with Crippen LogP contribution in [0.1, 0.15) is 34.3 Å². The Labute approximate surface area is 235 Å². The van der Waals surface area contributed by atoms with Crippen LogP contribution < -0.4 is 5.01 Å². The van der Waals surface area contributed by atoms with Gasteiger partial charge in [-0.25, -0.2) is 17.8 Å². The van der Waals surface area contributed by atoms with Crippen LogP contribution in [0.4, 0.5) is 9.52 Å². The molecule has 202 valence electrons. The molecule has 0 aliphatic carbocycles. The van der Waals surface area contributed by atoms with Gasteiger partial charge in [0.15, 0.2) is 0 Å². The Morgan fingerprint density at radius 2 is 1.68 bits per heavy atom. The lowest BCUT2D eigenvalue weighted by Gasteiger charge is -2.20. The number of carbonyl (C=O) groups is 1. The molecule has 4 aromatic rings. The molecule has 0 bridgehead atoms. The Balaban J connectivity index is 1.67. The second-order valence-corrected chi connectivity index (χ2v) is 11.6. The molecule has 0 aliphatic heterocycles. The molecule has 3 aromatic carbocycles. The Kier molecular flexibility index (Phi) is 8.97. The number of hydrogen-bond acceptors (Lipinski definition) is 8. The molecule has 9 nitrogen and oxygen atoms in total. The predicted octanol–water partition coefficient (Wildman–Crippen LogP) is 5.24. The minimum atomic E-state index is -4.00. The van der Waals surface area contributed by atoms with E-state index in [0.29, 0.717) is 16.2 Å². The van der Waals surface area contributed by atoms with Crippen molar-refractivity contribution in [1.82, 2.24) is 9.29 Å². The van der Waals surface area contributed by atoms with Gasteiger partial charge in [0.25, 0.3) is 5.91 Å². The zero-order valence-electron chi connectivity index (χ0n) is 21.4. The number of fused-ring (bicyclic) bond motifs is 1. The molecule has 0 fully saturated rings. The number of thiazole rings is 1. The van der Waals surface area contributed by atoms with Crippen molar-refractivity contribution in [3.63, 3.8) is 0 Å². The molecule has 0 spiro atoms. The van der Waals surface area contributed by atoms with Crippen molar-refractivity contribution in [2.24, 2.45) is 5.10 Å². The van der Waals surface area contributed by atoms with E-state index in [4.69, 9.17) is 10.5 Å². The van der Waals surface area contributed by atoms with Gasteiger partial charge in [0.1, 0.15) is 5.82 Å². The van der Waals surface area contributed by atoms with Crippen molar-refractivity contribution in [2.45, 2.75) is 24.7 Å². The average Bonchev–Trinajstić information content (AvgIpc) is 3.36. The van der Waals surface area contributed by atoms with Gasteiger partial charge < -0.3 is 0 Å². The molecule has 0 N–H and O–H groups in total. The molecule has 0 radical (unpaired) electrons. The van der Waals surface area contributed by atoms with Gasteiger partial charge >= 0.3 is 0 Å². The minimum absolute atomic E-state index is 0.0239. The third kappa shape index (κ3) is 6.55. The Bertz CT molecular complexity index is 1720. The standard InChI is InChI=1S/C28H23FN6O3S2/c1-20-4-13-25-26(18-20)39-28(33-25)35(32-19-21-5-9-23(29)10-6-21)27(36)22-7-11-24(12-8-22)40(37,38)34(16-2-14-30)17-3-15-31/h4-13,18-19H,2-3,16-17H2,1H3/b32-19+. The summed E-state index contributed by atoms with van der Waals surface area (Å²) < 4.78 is 41.6. The van der Waals surface area contributed by atoms with Crippen molar-refractivity contribution in [2.75, 3.05) is 18.1 Å². The normalized spacial score (nSPS) is 11.5. The number of amides is 1. The van der Waals surface area contributed by atoms with Crippen LogP contribution in [0.3, 0.4) is 0 Å². The fourth-order valence-electron chi connectivity index (χ4n) is 3.71. The molecule has 40 heavy (non-hydrogen) atoms. The number of carbonyl (C=O) groups excluding carboxylic acids is 1. The summed E-state index contributed by atoms with van der Waals surface area (Å²) in [7, 11) is -4.00. The van der Waals surface area contributed by atoms with Gasteiger partial charge in [-0.3, -0.25) is 4.79 Å². The van der Waals surface area contributed by atoms with Crippen LogP contribution in [0, 0.1) is 35.4 Å². The van der Waals surface area contributed by atoms with Crippen LogP contribution in [0.15, 0.2) is 76.7 Å². The Morgan fingerprint density at radius 1 is 1.02 bits per heavy atom. The second-order valence-electron chi connectivity index (χ2n) is 8.63. The first-order valence-electron chi connectivity index (χ1n) is 12.1. The molecule has 12 heteroatoms. The van der Waals surface area contributed by atoms with Crippen molar-refractivity contribution >= 4 is 48.8 Å². The molecule has 0 aliphatic rings. The van der Waals surface area contributed by atoms with Crippen LogP contribution in [-0.2, 0) is 10.0 Å². The molecule has 0 saturated heterocycles. The maximum Gasteiger partial charge on any atom is 0.280 e. The van der Waals surface area contributed by atoms with Gasteiger partial charge in [-0.05, 0) is 66.6 Å². The molecule has 0 saturated carbocycles. The zero-order chi connectivity index (χ0) is 28.7. The molecule has 1 heterocycles. The molecular weight excluding hydrogens is 551 g/mol. The number of rotatable bonds is 10. The number of benzene rings is 3. The number of anilines is 1. The summed E-state index contributed by atoms with van der Waals surface area (Å²) in [6.07, 6.45) is 1.36. The van der Waals surface area contributed by atoms with Gasteiger partial charge in [-0.15, -0.1) is 0 Å². The van der Waals surface area contributed by atoms with Gasteiger partial charge in [-0.1, -0.05) is 29.5 Å². The highest BCUT2D eigenvalue weighted by Gasteiger charge is 2.26. The van der Waals surface area contributed by atoms with E-state index in [2.05, 4.69) is 10.1 Å². The highest BCUT2D eigenvalue weighted by molar-refractivity contribution is 7.89. The van der Waals surface area contributed by atoms with Crippen LogP contribution >= 0.6 is 11.3 Å². The number of nitrogens with zero attached hydrogens (tertiary/aromatic N) is 6. The summed E-state index contributed by atoms with van der Waals surface area (Å²) in [6, 6.07) is 20.5. The van der Waals surface area contributed by atoms with E-state index >= 15 is 0 Å². The van der Waals surface area contributed by atoms with Crippen LogP contribution in [0.5, 0.6) is 0 Å². The lowest BCUT2D eigenvalue weighted by Crippen LogP contribution is -2.33. The summed E-state index contributed by atoms with van der Waals surface area (Å²) in [5, 5.41) is 23.6. The SMILES string of the molecule is Cc1ccc2nc(N(/N=C/c3ccc(F)cc3)C(=O)c3ccc(S(=O)(=O)N(CCC#N)CCC#N)cc3)sc2c1. The first-order chi connectivity index (χ1) is 19.2. The van der Waals surface area contributed by atoms with Gasteiger partial charge in [0.05, 0.1) is 33.5 Å². The molecular formula is C28H23FN6O3S2. The lowest BCUT2D eigenvalue weighted by atomic mass is 10.2. The topological polar surface area (TPSA) is 131 Å². The number of halogens is 1. The summed E-state index contributed by atoms with van der Waals surface area (Å²) in [6.45, 7) is 1.85. The number of nitriles is 2. The van der Waals surface area contributed by atoms with Crippen LogP contribution in [0.25, 0.3) is 10.2 Å². The molecule has 0 unspecified atom stereocenters. The number of hydrogen-bond donors (Lipinski definition) is 0. The summed E-state index contributed by atoms with van der Waals surface area (Å²) in [5.74, 6) is -0.954. The van der Waals surface area contributed by atoms with E-state index in [0.717, 1.165) is 19.6 Å². The monoisotopic (exact) mass is 574 g/mol. The fraction of sp³-hybridized carbons (Fsp3) is 0.179. The van der Waals surface area contributed by atoms with E-state index in [-0.39, 0.29) is 36.4 Å². The highest BCUT2D eigenvalue weighted by atomic mass is 32.2. The van der Waals surface area contributed by atoms with Crippen molar-refractivity contribution in [3.05, 3.63) is 89.2 Å². The summed E-state index contributed by atoms with van der Waals surface area (Å²) >= 11 is 1.27. The summed E-state index contributed by atoms with van der Waals surface area (Å²) in [4.78, 5) is 18.1. The van der Waals surface area contributed by atoms with E-state index in [1.165, 1.54) is 66.1 Å². The molecule has 4 rings (SSSR count). The Hall–Kier alpha value is -4.49. The number of aromatic nitrogens is 1. The van der Waals surface area contributed by atoms with Gasteiger partial charge in [0, 0.05) is 31.5 Å². The predicted molar refractivity (Wildman–Crippen MR) is 151 cm³/mol. The molecule has 0 atom stereocenters. The lowest BCUT2D eigenvalue weighted by molar-refractivity contribution is 0.0987. The van der Waals surface area contributed by atoms with Crippen LogP contribution in [-0.4, -0.2) is 42.9 Å². The van der Waals surface area contributed by atoms with Gasteiger partial charge in [-0.2, -0.15) is 24.9 Å².